The molecule has 2 aromatic carbocycles. The van der Waals surface area contributed by atoms with Gasteiger partial charge in [-0.15, -0.1) is 0 Å². The summed E-state index contributed by atoms with van der Waals surface area (Å²) in [6.45, 7) is 2.40. The van der Waals surface area contributed by atoms with E-state index in [0.29, 0.717) is 12.1 Å². The van der Waals surface area contributed by atoms with Gasteiger partial charge in [0.15, 0.2) is 0 Å². The summed E-state index contributed by atoms with van der Waals surface area (Å²) in [5.41, 5.74) is 2.48. The van der Waals surface area contributed by atoms with Gasteiger partial charge in [-0.1, -0.05) is 83.3 Å². The van der Waals surface area contributed by atoms with Crippen molar-refractivity contribution >= 4 is 40.7 Å². The molecule has 1 amide bonds. The number of aryl methyl sites for hydroxylation is 1. The molecule has 0 fully saturated rings. The Kier molecular flexibility index (Phi) is 6.53. The number of amides is 1. The molecule has 24 heavy (non-hydrogen) atoms. The summed E-state index contributed by atoms with van der Waals surface area (Å²) in [5, 5.41) is 2.83. The standard InChI is InChI=1S/C18H19Cl3N2O/c1-13-8-6-7-11-15(13)16(24)22-17(18(19,20)21)23(2)12-14-9-4-3-5-10-14/h3-11,17H,12H2,1-2H3,(H,22,24)/t17-/m0/s1. The number of benzene rings is 2. The summed E-state index contributed by atoms with van der Waals surface area (Å²) in [5.74, 6) is -0.274. The van der Waals surface area contributed by atoms with Crippen molar-refractivity contribution in [3.05, 3.63) is 71.3 Å². The van der Waals surface area contributed by atoms with Gasteiger partial charge in [0.2, 0.25) is 3.79 Å². The average molecular weight is 386 g/mol. The third-order valence-electron chi connectivity index (χ3n) is 3.68. The molecule has 0 aromatic heterocycles. The molecule has 0 unspecified atom stereocenters. The largest absolute Gasteiger partial charge is 0.332 e. The summed E-state index contributed by atoms with van der Waals surface area (Å²) in [4.78, 5) is 14.4. The Morgan fingerprint density at radius 2 is 1.67 bits per heavy atom. The van der Waals surface area contributed by atoms with Gasteiger partial charge in [-0.05, 0) is 31.2 Å². The van der Waals surface area contributed by atoms with Crippen LogP contribution in [0.3, 0.4) is 0 Å². The maximum Gasteiger partial charge on any atom is 0.252 e. The van der Waals surface area contributed by atoms with E-state index in [1.165, 1.54) is 0 Å². The highest BCUT2D eigenvalue weighted by atomic mass is 35.6. The molecule has 0 saturated heterocycles. The number of alkyl halides is 3. The molecular formula is C18H19Cl3N2O. The highest BCUT2D eigenvalue weighted by Crippen LogP contribution is 2.32. The Balaban J connectivity index is 2.17. The van der Waals surface area contributed by atoms with E-state index in [2.05, 4.69) is 5.32 Å². The van der Waals surface area contributed by atoms with Crippen LogP contribution >= 0.6 is 34.8 Å². The van der Waals surface area contributed by atoms with Gasteiger partial charge in [0.1, 0.15) is 6.17 Å². The van der Waals surface area contributed by atoms with E-state index in [0.717, 1.165) is 11.1 Å². The lowest BCUT2D eigenvalue weighted by Crippen LogP contribution is -2.53. The third kappa shape index (κ3) is 5.12. The lowest BCUT2D eigenvalue weighted by atomic mass is 10.1. The molecule has 6 heteroatoms. The zero-order valence-electron chi connectivity index (χ0n) is 13.5. The number of halogens is 3. The number of hydrogen-bond acceptors (Lipinski definition) is 2. The van der Waals surface area contributed by atoms with E-state index in [4.69, 9.17) is 34.8 Å². The molecule has 0 radical (unpaired) electrons. The third-order valence-corrected chi connectivity index (χ3v) is 4.30. The topological polar surface area (TPSA) is 32.3 Å². The van der Waals surface area contributed by atoms with Gasteiger partial charge < -0.3 is 5.32 Å². The Morgan fingerprint density at radius 3 is 2.25 bits per heavy atom. The predicted octanol–water partition coefficient (Wildman–Crippen LogP) is 4.55. The molecular weight excluding hydrogens is 367 g/mol. The summed E-state index contributed by atoms with van der Waals surface area (Å²) in [6.07, 6.45) is -0.769. The molecule has 1 N–H and O–H groups in total. The fourth-order valence-corrected chi connectivity index (χ4v) is 3.10. The van der Waals surface area contributed by atoms with Gasteiger partial charge in [-0.25, -0.2) is 0 Å². The van der Waals surface area contributed by atoms with E-state index in [9.17, 15) is 4.79 Å². The summed E-state index contributed by atoms with van der Waals surface area (Å²) in [7, 11) is 1.80. The Labute approximate surface area is 157 Å². The minimum absolute atomic E-state index is 0.274. The smallest absolute Gasteiger partial charge is 0.252 e. The molecule has 2 rings (SSSR count). The van der Waals surface area contributed by atoms with E-state index < -0.39 is 9.96 Å². The highest BCUT2D eigenvalue weighted by molar-refractivity contribution is 6.68. The van der Waals surface area contributed by atoms with Crippen LogP contribution in [0.1, 0.15) is 21.5 Å². The number of nitrogens with zero attached hydrogens (tertiary/aromatic N) is 1. The van der Waals surface area contributed by atoms with Crippen LogP contribution in [-0.4, -0.2) is 27.8 Å². The lowest BCUT2D eigenvalue weighted by Gasteiger charge is -2.34. The van der Waals surface area contributed by atoms with Gasteiger partial charge in [0, 0.05) is 12.1 Å². The molecule has 0 bridgehead atoms. The maximum atomic E-state index is 12.6. The van der Waals surface area contributed by atoms with Gasteiger partial charge in [-0.3, -0.25) is 9.69 Å². The molecule has 0 heterocycles. The number of rotatable bonds is 5. The fraction of sp³-hybridized carbons (Fsp3) is 0.278. The van der Waals surface area contributed by atoms with Crippen molar-refractivity contribution in [3.8, 4) is 0 Å². The first-order chi connectivity index (χ1) is 11.3. The second-order valence-corrected chi connectivity index (χ2v) is 8.00. The minimum atomic E-state index is -1.66. The molecule has 0 saturated carbocycles. The van der Waals surface area contributed by atoms with E-state index in [-0.39, 0.29) is 5.91 Å². The first-order valence-electron chi connectivity index (χ1n) is 7.46. The predicted molar refractivity (Wildman–Crippen MR) is 101 cm³/mol. The molecule has 0 aliphatic carbocycles. The lowest BCUT2D eigenvalue weighted by molar-refractivity contribution is 0.0869. The van der Waals surface area contributed by atoms with Gasteiger partial charge in [0.05, 0.1) is 0 Å². The second kappa shape index (κ2) is 8.21. The SMILES string of the molecule is Cc1ccccc1C(=O)N[C@@H](N(C)Cc1ccccc1)C(Cl)(Cl)Cl. The van der Waals surface area contributed by atoms with Crippen molar-refractivity contribution in [2.24, 2.45) is 0 Å². The zero-order chi connectivity index (χ0) is 17.7. The van der Waals surface area contributed by atoms with Crippen LogP contribution in [0.2, 0.25) is 0 Å². The maximum absolute atomic E-state index is 12.6. The van der Waals surface area contributed by atoms with Crippen LogP contribution in [0.15, 0.2) is 54.6 Å². The molecule has 0 aliphatic rings. The van der Waals surface area contributed by atoms with Crippen molar-refractivity contribution in [1.29, 1.82) is 0 Å². The minimum Gasteiger partial charge on any atom is -0.332 e. The molecule has 0 spiro atoms. The molecule has 1 atom stereocenters. The number of carbonyl (C=O) groups excluding carboxylic acids is 1. The van der Waals surface area contributed by atoms with Gasteiger partial charge in [0.25, 0.3) is 5.91 Å². The Morgan fingerprint density at radius 1 is 1.08 bits per heavy atom. The summed E-state index contributed by atoms with van der Waals surface area (Å²) in [6, 6.07) is 17.1. The first-order valence-corrected chi connectivity index (χ1v) is 8.60. The van der Waals surface area contributed by atoms with Crippen molar-refractivity contribution < 1.29 is 4.79 Å². The Hall–Kier alpha value is -1.26. The molecule has 128 valence electrons. The van der Waals surface area contributed by atoms with Crippen LogP contribution in [0.5, 0.6) is 0 Å². The molecule has 3 nitrogen and oxygen atoms in total. The quantitative estimate of drug-likeness (QED) is 0.605. The number of nitrogens with one attached hydrogen (secondary N) is 1. The Bertz CT molecular complexity index is 686. The van der Waals surface area contributed by atoms with E-state index in [1.807, 2.05) is 49.4 Å². The second-order valence-electron chi connectivity index (χ2n) is 5.63. The van der Waals surface area contributed by atoms with Crippen LogP contribution in [0, 0.1) is 6.92 Å². The van der Waals surface area contributed by atoms with Crippen LogP contribution < -0.4 is 5.32 Å². The van der Waals surface area contributed by atoms with Crippen LogP contribution in [0.25, 0.3) is 0 Å². The summed E-state index contributed by atoms with van der Waals surface area (Å²) < 4.78 is -1.66. The van der Waals surface area contributed by atoms with Crippen molar-refractivity contribution in [3.63, 3.8) is 0 Å². The number of hydrogen-bond donors (Lipinski definition) is 1. The van der Waals surface area contributed by atoms with E-state index in [1.54, 1.807) is 24.1 Å². The van der Waals surface area contributed by atoms with Gasteiger partial charge in [-0.2, -0.15) is 0 Å². The highest BCUT2D eigenvalue weighted by Gasteiger charge is 2.37. The molecule has 0 aliphatic heterocycles. The summed E-state index contributed by atoms with van der Waals surface area (Å²) >= 11 is 18.3. The van der Waals surface area contributed by atoms with Crippen LogP contribution in [0.4, 0.5) is 0 Å². The van der Waals surface area contributed by atoms with E-state index >= 15 is 0 Å². The average Bonchev–Trinajstić information content (AvgIpc) is 2.52. The first kappa shape index (κ1) is 19.1. The number of carbonyl (C=O) groups is 1. The molecule has 2 aromatic rings. The van der Waals surface area contributed by atoms with Crippen molar-refractivity contribution in [1.82, 2.24) is 10.2 Å². The van der Waals surface area contributed by atoms with Gasteiger partial charge >= 0.3 is 0 Å². The van der Waals surface area contributed by atoms with Crippen molar-refractivity contribution in [2.45, 2.75) is 23.4 Å². The van der Waals surface area contributed by atoms with Crippen molar-refractivity contribution in [2.75, 3.05) is 7.05 Å². The fourth-order valence-electron chi connectivity index (χ4n) is 2.43. The zero-order valence-corrected chi connectivity index (χ0v) is 15.7. The van der Waals surface area contributed by atoms with Crippen LogP contribution in [-0.2, 0) is 6.54 Å². The monoisotopic (exact) mass is 384 g/mol. The normalized spacial score (nSPS) is 12.9.